The van der Waals surface area contributed by atoms with E-state index < -0.39 is 0 Å². The summed E-state index contributed by atoms with van der Waals surface area (Å²) in [6.45, 7) is 1.96. The van der Waals surface area contributed by atoms with Crippen LogP contribution in [-0.2, 0) is 0 Å². The van der Waals surface area contributed by atoms with E-state index in [1.54, 1.807) is 12.1 Å². The Morgan fingerprint density at radius 2 is 1.86 bits per heavy atom. The number of rotatable bonds is 4. The van der Waals surface area contributed by atoms with E-state index in [0.29, 0.717) is 17.6 Å². The summed E-state index contributed by atoms with van der Waals surface area (Å²) in [4.78, 5) is 8.96. The second kappa shape index (κ2) is 6.44. The van der Waals surface area contributed by atoms with Crippen LogP contribution in [0.15, 0.2) is 30.3 Å². The maximum Gasteiger partial charge on any atom is 0.229 e. The molecule has 1 aliphatic carbocycles. The van der Waals surface area contributed by atoms with Gasteiger partial charge in [-0.25, -0.2) is 4.98 Å². The Kier molecular flexibility index (Phi) is 4.19. The third kappa shape index (κ3) is 3.53. The summed E-state index contributed by atoms with van der Waals surface area (Å²) >= 11 is 0. The molecule has 0 aliphatic heterocycles. The number of hydrogen-bond donors (Lipinski definition) is 2. The molecule has 1 aliphatic rings. The lowest BCUT2D eigenvalue weighted by atomic mass is 10.2. The maximum atomic E-state index is 8.82. The molecule has 1 aromatic heterocycles. The number of nitriles is 1. The summed E-state index contributed by atoms with van der Waals surface area (Å²) in [5.74, 6) is 1.45. The minimum absolute atomic E-state index is 0.525. The van der Waals surface area contributed by atoms with E-state index in [-0.39, 0.29) is 0 Å². The van der Waals surface area contributed by atoms with Crippen LogP contribution < -0.4 is 10.6 Å². The van der Waals surface area contributed by atoms with Crippen LogP contribution in [-0.4, -0.2) is 16.0 Å². The molecule has 2 aromatic rings. The molecule has 0 radical (unpaired) electrons. The zero-order valence-electron chi connectivity index (χ0n) is 12.6. The molecule has 0 unspecified atom stereocenters. The first-order chi connectivity index (χ1) is 10.7. The van der Waals surface area contributed by atoms with Crippen LogP contribution in [0.5, 0.6) is 0 Å². The van der Waals surface area contributed by atoms with Gasteiger partial charge in [0.05, 0.1) is 11.6 Å². The first kappa shape index (κ1) is 14.3. The molecule has 0 bridgehead atoms. The number of nitrogens with one attached hydrogen (secondary N) is 2. The van der Waals surface area contributed by atoms with Gasteiger partial charge in [0.1, 0.15) is 5.82 Å². The van der Waals surface area contributed by atoms with Gasteiger partial charge in [0.25, 0.3) is 0 Å². The third-order valence-electron chi connectivity index (χ3n) is 3.83. The van der Waals surface area contributed by atoms with Gasteiger partial charge in [-0.2, -0.15) is 10.2 Å². The lowest BCUT2D eigenvalue weighted by molar-refractivity contribution is 0.749. The first-order valence-corrected chi connectivity index (χ1v) is 7.62. The van der Waals surface area contributed by atoms with E-state index in [4.69, 9.17) is 5.26 Å². The minimum atomic E-state index is 0.525. The van der Waals surface area contributed by atoms with Crippen molar-refractivity contribution in [3.05, 3.63) is 41.6 Å². The molecule has 1 aromatic carbocycles. The van der Waals surface area contributed by atoms with Crippen molar-refractivity contribution in [1.29, 1.82) is 5.26 Å². The first-order valence-electron chi connectivity index (χ1n) is 7.62. The summed E-state index contributed by atoms with van der Waals surface area (Å²) in [6, 6.07) is 11.9. The average molecular weight is 293 g/mol. The molecule has 0 amide bonds. The smallest absolute Gasteiger partial charge is 0.229 e. The van der Waals surface area contributed by atoms with Crippen molar-refractivity contribution in [2.75, 3.05) is 10.6 Å². The summed E-state index contributed by atoms with van der Waals surface area (Å²) in [5.41, 5.74) is 2.43. The zero-order chi connectivity index (χ0) is 15.4. The SMILES string of the molecule is Cc1cc(NC2CCCC2)nc(Nc2ccc(C#N)cc2)n1. The summed E-state index contributed by atoms with van der Waals surface area (Å²) in [5, 5.41) is 15.5. The highest BCUT2D eigenvalue weighted by atomic mass is 15.1. The van der Waals surface area contributed by atoms with Crippen LogP contribution in [0.3, 0.4) is 0 Å². The Hall–Kier alpha value is -2.61. The molecule has 1 saturated carbocycles. The van der Waals surface area contributed by atoms with Gasteiger partial charge in [0.2, 0.25) is 5.95 Å². The van der Waals surface area contributed by atoms with E-state index in [0.717, 1.165) is 17.2 Å². The number of hydrogen-bond acceptors (Lipinski definition) is 5. The minimum Gasteiger partial charge on any atom is -0.367 e. The number of benzene rings is 1. The highest BCUT2D eigenvalue weighted by molar-refractivity contribution is 5.56. The molecule has 112 valence electrons. The van der Waals surface area contributed by atoms with Crippen molar-refractivity contribution in [1.82, 2.24) is 9.97 Å². The third-order valence-corrected chi connectivity index (χ3v) is 3.83. The van der Waals surface area contributed by atoms with E-state index >= 15 is 0 Å². The maximum absolute atomic E-state index is 8.82. The summed E-state index contributed by atoms with van der Waals surface area (Å²) in [7, 11) is 0. The number of aromatic nitrogens is 2. The Labute approximate surface area is 130 Å². The fraction of sp³-hybridized carbons (Fsp3) is 0.353. The highest BCUT2D eigenvalue weighted by Gasteiger charge is 2.15. The molecule has 3 rings (SSSR count). The molecule has 1 heterocycles. The van der Waals surface area contributed by atoms with Gasteiger partial charge in [0.15, 0.2) is 0 Å². The Bertz CT molecular complexity index is 681. The number of aryl methyl sites for hydroxylation is 1. The lowest BCUT2D eigenvalue weighted by Gasteiger charge is -2.14. The Morgan fingerprint density at radius 3 is 2.55 bits per heavy atom. The fourth-order valence-electron chi connectivity index (χ4n) is 2.73. The van der Waals surface area contributed by atoms with Crippen LogP contribution in [0.25, 0.3) is 0 Å². The molecular weight excluding hydrogens is 274 g/mol. The summed E-state index contributed by atoms with van der Waals surface area (Å²) < 4.78 is 0. The van der Waals surface area contributed by atoms with E-state index in [1.165, 1.54) is 25.7 Å². The topological polar surface area (TPSA) is 73.6 Å². The molecular formula is C17H19N5. The molecule has 1 fully saturated rings. The predicted molar refractivity (Wildman–Crippen MR) is 87.1 cm³/mol. The monoisotopic (exact) mass is 293 g/mol. The van der Waals surface area contributed by atoms with Gasteiger partial charge in [-0.05, 0) is 44.0 Å². The normalized spacial score (nSPS) is 14.5. The predicted octanol–water partition coefficient (Wildman–Crippen LogP) is 3.75. The van der Waals surface area contributed by atoms with Crippen LogP contribution in [0.2, 0.25) is 0 Å². The van der Waals surface area contributed by atoms with Gasteiger partial charge < -0.3 is 10.6 Å². The Morgan fingerprint density at radius 1 is 1.14 bits per heavy atom. The van der Waals surface area contributed by atoms with Crippen LogP contribution in [0.1, 0.15) is 36.9 Å². The molecule has 5 heteroatoms. The lowest BCUT2D eigenvalue weighted by Crippen LogP contribution is -2.16. The summed E-state index contributed by atoms with van der Waals surface area (Å²) in [6.07, 6.45) is 5.00. The van der Waals surface area contributed by atoms with Crippen molar-refractivity contribution in [2.45, 2.75) is 38.6 Å². The highest BCUT2D eigenvalue weighted by Crippen LogP contribution is 2.23. The molecule has 0 spiro atoms. The van der Waals surface area contributed by atoms with Crippen molar-refractivity contribution in [2.24, 2.45) is 0 Å². The molecule has 0 saturated heterocycles. The second-order valence-electron chi connectivity index (χ2n) is 5.66. The van der Waals surface area contributed by atoms with Gasteiger partial charge in [-0.3, -0.25) is 0 Å². The zero-order valence-corrected chi connectivity index (χ0v) is 12.6. The van der Waals surface area contributed by atoms with Gasteiger partial charge in [-0.15, -0.1) is 0 Å². The fourth-order valence-corrected chi connectivity index (χ4v) is 2.73. The molecule has 22 heavy (non-hydrogen) atoms. The van der Waals surface area contributed by atoms with Crippen molar-refractivity contribution in [3.8, 4) is 6.07 Å². The van der Waals surface area contributed by atoms with Gasteiger partial charge >= 0.3 is 0 Å². The van der Waals surface area contributed by atoms with Crippen LogP contribution >= 0.6 is 0 Å². The van der Waals surface area contributed by atoms with Crippen LogP contribution in [0.4, 0.5) is 17.5 Å². The van der Waals surface area contributed by atoms with Gasteiger partial charge in [0, 0.05) is 23.5 Å². The van der Waals surface area contributed by atoms with Crippen molar-refractivity contribution < 1.29 is 0 Å². The van der Waals surface area contributed by atoms with Gasteiger partial charge in [-0.1, -0.05) is 12.8 Å². The van der Waals surface area contributed by atoms with Crippen LogP contribution in [0, 0.1) is 18.3 Å². The molecule has 2 N–H and O–H groups in total. The molecule has 5 nitrogen and oxygen atoms in total. The molecule has 0 atom stereocenters. The van der Waals surface area contributed by atoms with E-state index in [9.17, 15) is 0 Å². The Balaban J connectivity index is 1.74. The quantitative estimate of drug-likeness (QED) is 0.898. The largest absolute Gasteiger partial charge is 0.367 e. The van der Waals surface area contributed by atoms with Crippen molar-refractivity contribution >= 4 is 17.5 Å². The van der Waals surface area contributed by atoms with Crippen molar-refractivity contribution in [3.63, 3.8) is 0 Å². The van der Waals surface area contributed by atoms with E-state index in [2.05, 4.69) is 26.7 Å². The average Bonchev–Trinajstić information content (AvgIpc) is 3.00. The van der Waals surface area contributed by atoms with E-state index in [1.807, 2.05) is 25.1 Å². The number of anilines is 3. The number of nitrogens with zero attached hydrogens (tertiary/aromatic N) is 3. The second-order valence-corrected chi connectivity index (χ2v) is 5.66. The standard InChI is InChI=1S/C17H19N5/c1-12-10-16(20-14-4-2-3-5-14)22-17(19-12)21-15-8-6-13(11-18)7-9-15/h6-10,14H,2-5H2,1H3,(H2,19,20,21,22).